The molecule has 1 N–H and O–H groups in total. The number of anilines is 1. The van der Waals surface area contributed by atoms with Crippen molar-refractivity contribution >= 4 is 23.3 Å². The third-order valence-corrected chi connectivity index (χ3v) is 4.91. The number of benzene rings is 1. The number of rotatable bonds is 3. The molecular formula is C18H16ClF3N4O. The van der Waals surface area contributed by atoms with Crippen molar-refractivity contribution in [3.63, 3.8) is 0 Å². The highest BCUT2D eigenvalue weighted by Gasteiger charge is 2.31. The van der Waals surface area contributed by atoms with Crippen LogP contribution >= 0.6 is 11.6 Å². The minimum Gasteiger partial charge on any atom is -0.309 e. The van der Waals surface area contributed by atoms with Gasteiger partial charge in [0, 0.05) is 5.92 Å². The SMILES string of the molecule is N#Cc1cnn(-c2ccc(C(F)(F)F)cc2Cl)c1NC(=O)C1CCCCC1. The van der Waals surface area contributed by atoms with Crippen molar-refractivity contribution in [3.05, 3.63) is 40.5 Å². The molecular weight excluding hydrogens is 381 g/mol. The number of carbonyl (C=O) groups excluding carboxylic acids is 1. The first kappa shape index (κ1) is 19.2. The molecule has 1 aromatic heterocycles. The van der Waals surface area contributed by atoms with E-state index in [2.05, 4.69) is 10.4 Å². The number of halogens is 4. The normalized spacial score (nSPS) is 15.4. The van der Waals surface area contributed by atoms with Crippen molar-refractivity contribution in [1.29, 1.82) is 5.26 Å². The molecule has 1 aliphatic rings. The summed E-state index contributed by atoms with van der Waals surface area (Å²) in [7, 11) is 0. The maximum absolute atomic E-state index is 12.8. The lowest BCUT2D eigenvalue weighted by Gasteiger charge is -2.21. The van der Waals surface area contributed by atoms with Gasteiger partial charge in [0.2, 0.25) is 5.91 Å². The lowest BCUT2D eigenvalue weighted by atomic mass is 9.88. The minimum absolute atomic E-state index is 0.106. The van der Waals surface area contributed by atoms with Crippen LogP contribution in [0.3, 0.4) is 0 Å². The van der Waals surface area contributed by atoms with E-state index in [1.807, 2.05) is 6.07 Å². The molecule has 0 radical (unpaired) electrons. The number of alkyl halides is 3. The summed E-state index contributed by atoms with van der Waals surface area (Å²) in [4.78, 5) is 12.5. The van der Waals surface area contributed by atoms with Crippen molar-refractivity contribution in [2.45, 2.75) is 38.3 Å². The standard InChI is InChI=1S/C18H16ClF3N4O/c19-14-8-13(18(20,21)22)6-7-15(14)26-16(12(9-23)10-24-26)25-17(27)11-4-2-1-3-5-11/h6-8,10-11H,1-5H2,(H,25,27). The van der Waals surface area contributed by atoms with Gasteiger partial charge in [0.25, 0.3) is 0 Å². The first-order valence-electron chi connectivity index (χ1n) is 8.47. The lowest BCUT2D eigenvalue weighted by molar-refractivity contribution is -0.137. The van der Waals surface area contributed by atoms with Crippen LogP contribution in [0.1, 0.15) is 43.2 Å². The summed E-state index contributed by atoms with van der Waals surface area (Å²) < 4.78 is 39.7. The van der Waals surface area contributed by atoms with E-state index in [9.17, 15) is 23.2 Å². The third-order valence-electron chi connectivity index (χ3n) is 4.61. The molecule has 2 aromatic rings. The topological polar surface area (TPSA) is 70.7 Å². The zero-order chi connectivity index (χ0) is 19.6. The van der Waals surface area contributed by atoms with E-state index >= 15 is 0 Å². The average molecular weight is 397 g/mol. The van der Waals surface area contributed by atoms with Crippen LogP contribution in [-0.2, 0) is 11.0 Å². The van der Waals surface area contributed by atoms with Crippen molar-refractivity contribution < 1.29 is 18.0 Å². The molecule has 142 valence electrons. The zero-order valence-electron chi connectivity index (χ0n) is 14.2. The Balaban J connectivity index is 1.94. The number of carbonyl (C=O) groups is 1. The van der Waals surface area contributed by atoms with Crippen LogP contribution in [0.25, 0.3) is 5.69 Å². The number of nitrogens with zero attached hydrogens (tertiary/aromatic N) is 3. The van der Waals surface area contributed by atoms with E-state index in [0.29, 0.717) is 0 Å². The predicted octanol–water partition coefficient (Wildman–Crippen LogP) is 4.93. The zero-order valence-corrected chi connectivity index (χ0v) is 14.9. The van der Waals surface area contributed by atoms with Crippen molar-refractivity contribution in [2.24, 2.45) is 5.92 Å². The first-order valence-corrected chi connectivity index (χ1v) is 8.85. The molecule has 1 heterocycles. The van der Waals surface area contributed by atoms with Gasteiger partial charge in [0.1, 0.15) is 11.6 Å². The molecule has 27 heavy (non-hydrogen) atoms. The summed E-state index contributed by atoms with van der Waals surface area (Å²) in [5, 5.41) is 15.8. The maximum Gasteiger partial charge on any atom is 0.416 e. The van der Waals surface area contributed by atoms with Gasteiger partial charge < -0.3 is 5.32 Å². The molecule has 1 saturated carbocycles. The van der Waals surface area contributed by atoms with Gasteiger partial charge in [-0.1, -0.05) is 30.9 Å². The van der Waals surface area contributed by atoms with E-state index in [1.165, 1.54) is 10.9 Å². The fourth-order valence-corrected chi connectivity index (χ4v) is 3.43. The van der Waals surface area contributed by atoms with Gasteiger partial charge in [-0.25, -0.2) is 4.68 Å². The molecule has 1 amide bonds. The number of nitriles is 1. The first-order chi connectivity index (χ1) is 12.8. The summed E-state index contributed by atoms with van der Waals surface area (Å²) in [5.41, 5.74) is -0.642. The van der Waals surface area contributed by atoms with Gasteiger partial charge >= 0.3 is 6.18 Å². The Kier molecular flexibility index (Phi) is 5.42. The Hall–Kier alpha value is -2.53. The second-order valence-electron chi connectivity index (χ2n) is 6.42. The Morgan fingerprint density at radius 3 is 2.59 bits per heavy atom. The molecule has 3 rings (SSSR count). The van der Waals surface area contributed by atoms with Crippen LogP contribution < -0.4 is 5.32 Å². The monoisotopic (exact) mass is 396 g/mol. The molecule has 0 bridgehead atoms. The molecule has 1 aromatic carbocycles. The van der Waals surface area contributed by atoms with Gasteiger partial charge in [-0.2, -0.15) is 23.5 Å². The van der Waals surface area contributed by atoms with Crippen molar-refractivity contribution in [2.75, 3.05) is 5.32 Å². The highest BCUT2D eigenvalue weighted by Crippen LogP contribution is 2.34. The van der Waals surface area contributed by atoms with E-state index in [1.54, 1.807) is 0 Å². The van der Waals surface area contributed by atoms with Crippen LogP contribution in [0.4, 0.5) is 19.0 Å². The van der Waals surface area contributed by atoms with Gasteiger partial charge in [-0.15, -0.1) is 0 Å². The molecule has 1 fully saturated rings. The van der Waals surface area contributed by atoms with E-state index in [4.69, 9.17) is 11.6 Å². The maximum atomic E-state index is 12.8. The average Bonchev–Trinajstić information content (AvgIpc) is 3.04. The summed E-state index contributed by atoms with van der Waals surface area (Å²) in [5.74, 6) is -0.276. The molecule has 0 atom stereocenters. The van der Waals surface area contributed by atoms with Crippen LogP contribution in [0, 0.1) is 17.2 Å². The Morgan fingerprint density at radius 2 is 2.00 bits per heavy atom. The highest BCUT2D eigenvalue weighted by atomic mass is 35.5. The highest BCUT2D eigenvalue weighted by molar-refractivity contribution is 6.32. The Labute approximate surface area is 158 Å². The van der Waals surface area contributed by atoms with Gasteiger partial charge in [0.15, 0.2) is 5.82 Å². The Morgan fingerprint density at radius 1 is 1.30 bits per heavy atom. The predicted molar refractivity (Wildman–Crippen MR) is 93.5 cm³/mol. The largest absolute Gasteiger partial charge is 0.416 e. The molecule has 5 nitrogen and oxygen atoms in total. The molecule has 0 saturated heterocycles. The second kappa shape index (κ2) is 7.61. The number of hydrogen-bond acceptors (Lipinski definition) is 3. The van der Waals surface area contributed by atoms with Crippen LogP contribution in [0.5, 0.6) is 0 Å². The number of nitrogens with one attached hydrogen (secondary N) is 1. The van der Waals surface area contributed by atoms with Crippen LogP contribution in [0.15, 0.2) is 24.4 Å². The van der Waals surface area contributed by atoms with Crippen molar-refractivity contribution in [3.8, 4) is 11.8 Å². The van der Waals surface area contributed by atoms with E-state index in [-0.39, 0.29) is 33.9 Å². The Bertz CT molecular complexity index is 895. The fraction of sp³-hybridized carbons (Fsp3) is 0.389. The molecule has 9 heteroatoms. The minimum atomic E-state index is -4.53. The van der Waals surface area contributed by atoms with Crippen LogP contribution in [-0.4, -0.2) is 15.7 Å². The van der Waals surface area contributed by atoms with E-state index in [0.717, 1.165) is 50.3 Å². The smallest absolute Gasteiger partial charge is 0.309 e. The quantitative estimate of drug-likeness (QED) is 0.799. The second-order valence-corrected chi connectivity index (χ2v) is 6.83. The fourth-order valence-electron chi connectivity index (χ4n) is 3.17. The summed E-state index contributed by atoms with van der Waals surface area (Å²) in [6.07, 6.45) is 1.27. The molecule has 1 aliphatic carbocycles. The van der Waals surface area contributed by atoms with Gasteiger partial charge in [-0.3, -0.25) is 4.79 Å². The third kappa shape index (κ3) is 4.08. The molecule has 0 spiro atoms. The summed E-state index contributed by atoms with van der Waals surface area (Å²) in [6, 6.07) is 4.76. The molecule has 0 aliphatic heterocycles. The van der Waals surface area contributed by atoms with Gasteiger partial charge in [0.05, 0.1) is 22.5 Å². The van der Waals surface area contributed by atoms with Crippen LogP contribution in [0.2, 0.25) is 5.02 Å². The number of hydrogen-bond donors (Lipinski definition) is 1. The summed E-state index contributed by atoms with van der Waals surface area (Å²) >= 11 is 6.02. The number of aromatic nitrogens is 2. The van der Waals surface area contributed by atoms with Crippen molar-refractivity contribution in [1.82, 2.24) is 9.78 Å². The molecule has 0 unspecified atom stereocenters. The summed E-state index contributed by atoms with van der Waals surface area (Å²) in [6.45, 7) is 0. The van der Waals surface area contributed by atoms with Gasteiger partial charge in [-0.05, 0) is 31.0 Å². The number of amides is 1. The lowest BCUT2D eigenvalue weighted by Crippen LogP contribution is -2.26. The van der Waals surface area contributed by atoms with E-state index < -0.39 is 11.7 Å².